The molecule has 0 spiro atoms. The van der Waals surface area contributed by atoms with Crippen molar-refractivity contribution in [2.24, 2.45) is 0 Å². The van der Waals surface area contributed by atoms with Gasteiger partial charge in [-0.1, -0.05) is 23.7 Å². The first-order chi connectivity index (χ1) is 15.4. The molecular formula is C25H21ClN4O2. The van der Waals surface area contributed by atoms with E-state index in [1.807, 2.05) is 36.7 Å². The number of anilines is 2. The van der Waals surface area contributed by atoms with Crippen molar-refractivity contribution in [1.29, 1.82) is 0 Å². The van der Waals surface area contributed by atoms with Crippen LogP contribution >= 0.6 is 11.6 Å². The molecule has 0 bridgehead atoms. The summed E-state index contributed by atoms with van der Waals surface area (Å²) in [5.41, 5.74) is 4.68. The van der Waals surface area contributed by atoms with Crippen molar-refractivity contribution in [2.75, 3.05) is 10.6 Å². The molecule has 0 aliphatic rings. The molecule has 32 heavy (non-hydrogen) atoms. The number of halogens is 1. The number of aryl methyl sites for hydroxylation is 2. The van der Waals surface area contributed by atoms with E-state index in [0.29, 0.717) is 27.5 Å². The Morgan fingerprint density at radius 1 is 0.844 bits per heavy atom. The zero-order valence-electron chi connectivity index (χ0n) is 17.6. The van der Waals surface area contributed by atoms with Crippen LogP contribution in [0.1, 0.15) is 32.1 Å². The van der Waals surface area contributed by atoms with Crippen LogP contribution in [-0.2, 0) is 0 Å². The van der Waals surface area contributed by atoms with Crippen LogP contribution in [0, 0.1) is 13.8 Å². The molecule has 1 heterocycles. The summed E-state index contributed by atoms with van der Waals surface area (Å²) in [4.78, 5) is 25.6. The Balaban J connectivity index is 1.50. The van der Waals surface area contributed by atoms with Crippen molar-refractivity contribution < 1.29 is 9.59 Å². The highest BCUT2D eigenvalue weighted by Crippen LogP contribution is 2.20. The molecule has 3 aromatic carbocycles. The summed E-state index contributed by atoms with van der Waals surface area (Å²) in [5.74, 6) is -0.639. The Morgan fingerprint density at radius 3 is 2.19 bits per heavy atom. The first kappa shape index (κ1) is 21.3. The number of carbonyl (C=O) groups excluding carboxylic acids is 2. The van der Waals surface area contributed by atoms with Gasteiger partial charge in [-0.05, 0) is 80.6 Å². The van der Waals surface area contributed by atoms with E-state index in [4.69, 9.17) is 11.6 Å². The number of benzene rings is 3. The number of carbonyl (C=O) groups is 2. The summed E-state index contributed by atoms with van der Waals surface area (Å²) in [5, 5.41) is 10.7. The third-order valence-corrected chi connectivity index (χ3v) is 5.16. The first-order valence-corrected chi connectivity index (χ1v) is 10.4. The predicted molar refractivity (Wildman–Crippen MR) is 127 cm³/mol. The largest absolute Gasteiger partial charge is 0.322 e. The standard InChI is InChI=1S/C25H21ClN4O2/c1-16-15-17(2)30(29-16)21-13-7-18(8-14-21)24(31)28-23-6-4-3-5-22(23)25(32)27-20-11-9-19(26)10-12-20/h3-15H,1-2H3,(H,27,32)(H,28,31). The molecule has 160 valence electrons. The van der Waals surface area contributed by atoms with Gasteiger partial charge in [0.25, 0.3) is 11.8 Å². The zero-order chi connectivity index (χ0) is 22.7. The van der Waals surface area contributed by atoms with Crippen LogP contribution in [0.15, 0.2) is 78.9 Å². The highest BCUT2D eigenvalue weighted by Gasteiger charge is 2.15. The highest BCUT2D eigenvalue weighted by molar-refractivity contribution is 6.30. The second kappa shape index (κ2) is 9.08. The third-order valence-electron chi connectivity index (χ3n) is 4.91. The molecule has 0 saturated heterocycles. The Morgan fingerprint density at radius 2 is 1.53 bits per heavy atom. The van der Waals surface area contributed by atoms with E-state index in [1.165, 1.54) is 0 Å². The molecule has 0 unspecified atom stereocenters. The molecule has 6 nitrogen and oxygen atoms in total. The minimum atomic E-state index is -0.330. The van der Waals surface area contributed by atoms with Gasteiger partial charge >= 0.3 is 0 Å². The summed E-state index contributed by atoms with van der Waals surface area (Å²) in [6.45, 7) is 3.92. The predicted octanol–water partition coefficient (Wildman–Crippen LogP) is 5.65. The van der Waals surface area contributed by atoms with Gasteiger partial charge in [-0.2, -0.15) is 5.10 Å². The zero-order valence-corrected chi connectivity index (χ0v) is 18.4. The van der Waals surface area contributed by atoms with Crippen LogP contribution in [0.25, 0.3) is 5.69 Å². The van der Waals surface area contributed by atoms with Crippen molar-refractivity contribution in [3.05, 3.63) is 106 Å². The molecule has 2 amide bonds. The van der Waals surface area contributed by atoms with Gasteiger partial charge in [0.15, 0.2) is 0 Å². The Hall–Kier alpha value is -3.90. The van der Waals surface area contributed by atoms with Crippen molar-refractivity contribution in [1.82, 2.24) is 9.78 Å². The van der Waals surface area contributed by atoms with Crippen LogP contribution < -0.4 is 10.6 Å². The highest BCUT2D eigenvalue weighted by atomic mass is 35.5. The van der Waals surface area contributed by atoms with E-state index >= 15 is 0 Å². The molecular weight excluding hydrogens is 424 g/mol. The SMILES string of the molecule is Cc1cc(C)n(-c2ccc(C(=O)Nc3ccccc3C(=O)Nc3ccc(Cl)cc3)cc2)n1. The van der Waals surface area contributed by atoms with Crippen molar-refractivity contribution in [3.63, 3.8) is 0 Å². The number of amides is 2. The van der Waals surface area contributed by atoms with Crippen LogP contribution in [0.2, 0.25) is 5.02 Å². The van der Waals surface area contributed by atoms with Crippen LogP contribution in [0.3, 0.4) is 0 Å². The summed E-state index contributed by atoms with van der Waals surface area (Å²) >= 11 is 5.89. The molecule has 0 aliphatic heterocycles. The maximum atomic E-state index is 12.8. The lowest BCUT2D eigenvalue weighted by atomic mass is 10.1. The number of rotatable bonds is 5. The lowest BCUT2D eigenvalue weighted by molar-refractivity contribution is 0.102. The molecule has 0 aliphatic carbocycles. The topological polar surface area (TPSA) is 76.0 Å². The normalized spacial score (nSPS) is 10.6. The molecule has 0 atom stereocenters. The van der Waals surface area contributed by atoms with Gasteiger partial charge in [0.05, 0.1) is 22.6 Å². The third kappa shape index (κ3) is 4.71. The van der Waals surface area contributed by atoms with Gasteiger partial charge < -0.3 is 10.6 Å². The van der Waals surface area contributed by atoms with E-state index in [9.17, 15) is 9.59 Å². The Bertz CT molecular complexity index is 1280. The number of nitrogens with one attached hydrogen (secondary N) is 2. The molecule has 4 rings (SSSR count). The summed E-state index contributed by atoms with van der Waals surface area (Å²) in [6.07, 6.45) is 0. The van der Waals surface area contributed by atoms with Gasteiger partial charge in [0, 0.05) is 22.0 Å². The fourth-order valence-electron chi connectivity index (χ4n) is 3.36. The van der Waals surface area contributed by atoms with E-state index in [2.05, 4.69) is 15.7 Å². The molecule has 4 aromatic rings. The monoisotopic (exact) mass is 444 g/mol. The van der Waals surface area contributed by atoms with E-state index in [1.54, 1.807) is 60.7 Å². The van der Waals surface area contributed by atoms with Gasteiger partial charge in [-0.25, -0.2) is 4.68 Å². The Labute approximate surface area is 190 Å². The lowest BCUT2D eigenvalue weighted by Gasteiger charge is -2.12. The molecule has 0 saturated carbocycles. The number of nitrogens with zero attached hydrogens (tertiary/aromatic N) is 2. The number of para-hydroxylation sites is 1. The first-order valence-electron chi connectivity index (χ1n) is 10.0. The fourth-order valence-corrected chi connectivity index (χ4v) is 3.49. The van der Waals surface area contributed by atoms with Crippen LogP contribution in [-0.4, -0.2) is 21.6 Å². The molecule has 7 heteroatoms. The second-order valence-corrected chi connectivity index (χ2v) is 7.78. The van der Waals surface area contributed by atoms with E-state index in [0.717, 1.165) is 17.1 Å². The van der Waals surface area contributed by atoms with Crippen molar-refractivity contribution in [2.45, 2.75) is 13.8 Å². The fraction of sp³-hybridized carbons (Fsp3) is 0.0800. The number of aromatic nitrogens is 2. The van der Waals surface area contributed by atoms with Crippen LogP contribution in [0.5, 0.6) is 0 Å². The van der Waals surface area contributed by atoms with Crippen molar-refractivity contribution in [3.8, 4) is 5.69 Å². The quantitative estimate of drug-likeness (QED) is 0.417. The minimum Gasteiger partial charge on any atom is -0.322 e. The number of hydrogen-bond acceptors (Lipinski definition) is 3. The average molecular weight is 445 g/mol. The summed E-state index contributed by atoms with van der Waals surface area (Å²) < 4.78 is 1.83. The van der Waals surface area contributed by atoms with Crippen molar-refractivity contribution >= 4 is 34.8 Å². The number of hydrogen-bond donors (Lipinski definition) is 2. The van der Waals surface area contributed by atoms with Gasteiger partial charge in [0.1, 0.15) is 0 Å². The smallest absolute Gasteiger partial charge is 0.257 e. The van der Waals surface area contributed by atoms with Crippen LogP contribution in [0.4, 0.5) is 11.4 Å². The van der Waals surface area contributed by atoms with Gasteiger partial charge in [-0.15, -0.1) is 0 Å². The van der Waals surface area contributed by atoms with E-state index < -0.39 is 0 Å². The van der Waals surface area contributed by atoms with E-state index in [-0.39, 0.29) is 11.8 Å². The maximum Gasteiger partial charge on any atom is 0.257 e. The maximum absolute atomic E-state index is 12.8. The molecule has 0 radical (unpaired) electrons. The minimum absolute atomic E-state index is 0.309. The van der Waals surface area contributed by atoms with Gasteiger partial charge in [-0.3, -0.25) is 9.59 Å². The molecule has 2 N–H and O–H groups in total. The average Bonchev–Trinajstić information content (AvgIpc) is 3.13. The molecule has 0 fully saturated rings. The summed E-state index contributed by atoms with van der Waals surface area (Å²) in [6, 6.07) is 22.8. The summed E-state index contributed by atoms with van der Waals surface area (Å²) in [7, 11) is 0. The molecule has 1 aromatic heterocycles. The second-order valence-electron chi connectivity index (χ2n) is 7.35. The lowest BCUT2D eigenvalue weighted by Crippen LogP contribution is -2.18. The van der Waals surface area contributed by atoms with Gasteiger partial charge in [0.2, 0.25) is 0 Å². The Kier molecular flexibility index (Phi) is 6.05.